The molecule has 1 rings (SSSR count). The molecular formula is C14H17BrFNO3. The molecule has 0 unspecified atom stereocenters. The zero-order chi connectivity index (χ0) is 15.4. The Labute approximate surface area is 125 Å². The summed E-state index contributed by atoms with van der Waals surface area (Å²) in [6.07, 6.45) is 0.284. The van der Waals surface area contributed by atoms with Gasteiger partial charge in [-0.05, 0) is 46.8 Å². The van der Waals surface area contributed by atoms with Crippen LogP contribution in [0.3, 0.4) is 0 Å². The number of carbonyl (C=O) groups is 2. The molecule has 6 heteroatoms. The van der Waals surface area contributed by atoms with Crippen molar-refractivity contribution >= 4 is 27.8 Å². The standard InChI is InChI=1S/C14H17BrFNO3/c1-7(2)6-10(14(19)20)17-13(18)11-9(16)5-4-8(3)12(11)15/h4-5,7,10H,6H2,1-3H3,(H,17,18)(H,19,20)/t10-/m1/s1. The van der Waals surface area contributed by atoms with Crippen LogP contribution < -0.4 is 5.32 Å². The van der Waals surface area contributed by atoms with E-state index >= 15 is 0 Å². The summed E-state index contributed by atoms with van der Waals surface area (Å²) in [6.45, 7) is 5.43. The summed E-state index contributed by atoms with van der Waals surface area (Å²) in [7, 11) is 0. The predicted octanol–water partition coefficient (Wildman–Crippen LogP) is 3.13. The van der Waals surface area contributed by atoms with Crippen molar-refractivity contribution in [3.05, 3.63) is 33.5 Å². The molecule has 1 aromatic rings. The minimum Gasteiger partial charge on any atom is -0.480 e. The normalized spacial score (nSPS) is 12.3. The van der Waals surface area contributed by atoms with Crippen molar-refractivity contribution in [3.63, 3.8) is 0 Å². The molecule has 0 spiro atoms. The zero-order valence-corrected chi connectivity index (χ0v) is 13.1. The Bertz CT molecular complexity index is 531. The van der Waals surface area contributed by atoms with E-state index in [0.717, 1.165) is 0 Å². The molecular weight excluding hydrogens is 329 g/mol. The van der Waals surface area contributed by atoms with Crippen LogP contribution in [0.15, 0.2) is 16.6 Å². The van der Waals surface area contributed by atoms with E-state index in [4.69, 9.17) is 5.11 Å². The zero-order valence-electron chi connectivity index (χ0n) is 11.5. The van der Waals surface area contributed by atoms with E-state index in [1.165, 1.54) is 6.07 Å². The molecule has 0 saturated carbocycles. The molecule has 0 aromatic heterocycles. The summed E-state index contributed by atoms with van der Waals surface area (Å²) < 4.78 is 14.1. The number of benzene rings is 1. The highest BCUT2D eigenvalue weighted by Crippen LogP contribution is 2.24. The number of rotatable bonds is 5. The fraction of sp³-hybridized carbons (Fsp3) is 0.429. The Kier molecular flexibility index (Phi) is 5.68. The molecule has 0 heterocycles. The van der Waals surface area contributed by atoms with Gasteiger partial charge < -0.3 is 10.4 Å². The Morgan fingerprint density at radius 1 is 1.40 bits per heavy atom. The second-order valence-electron chi connectivity index (χ2n) is 5.05. The van der Waals surface area contributed by atoms with Crippen molar-refractivity contribution in [2.24, 2.45) is 5.92 Å². The first-order chi connectivity index (χ1) is 9.23. The number of nitrogens with one attached hydrogen (secondary N) is 1. The topological polar surface area (TPSA) is 66.4 Å². The summed E-state index contributed by atoms with van der Waals surface area (Å²) >= 11 is 3.16. The van der Waals surface area contributed by atoms with Gasteiger partial charge in [-0.25, -0.2) is 9.18 Å². The fourth-order valence-electron chi connectivity index (χ4n) is 1.79. The van der Waals surface area contributed by atoms with Crippen molar-refractivity contribution < 1.29 is 19.1 Å². The smallest absolute Gasteiger partial charge is 0.326 e. The highest BCUT2D eigenvalue weighted by atomic mass is 79.9. The van der Waals surface area contributed by atoms with Crippen LogP contribution in [0.4, 0.5) is 4.39 Å². The first-order valence-corrected chi connectivity index (χ1v) is 7.01. The summed E-state index contributed by atoms with van der Waals surface area (Å²) in [5, 5.41) is 11.5. The molecule has 0 fully saturated rings. The molecule has 20 heavy (non-hydrogen) atoms. The lowest BCUT2D eigenvalue weighted by atomic mass is 10.0. The van der Waals surface area contributed by atoms with Gasteiger partial charge in [0.15, 0.2) is 0 Å². The lowest BCUT2D eigenvalue weighted by Crippen LogP contribution is -2.42. The molecule has 4 nitrogen and oxygen atoms in total. The average Bonchev–Trinajstić information content (AvgIpc) is 2.33. The molecule has 0 aliphatic carbocycles. The third-order valence-corrected chi connectivity index (χ3v) is 3.84. The average molecular weight is 346 g/mol. The van der Waals surface area contributed by atoms with Crippen molar-refractivity contribution in [1.29, 1.82) is 0 Å². The Hall–Kier alpha value is -1.43. The molecule has 0 aliphatic rings. The molecule has 0 bridgehead atoms. The fourth-order valence-corrected chi connectivity index (χ4v) is 2.29. The third kappa shape index (κ3) is 4.03. The van der Waals surface area contributed by atoms with Crippen molar-refractivity contribution in [3.8, 4) is 0 Å². The lowest BCUT2D eigenvalue weighted by molar-refractivity contribution is -0.139. The van der Waals surface area contributed by atoms with Crippen LogP contribution >= 0.6 is 15.9 Å². The predicted molar refractivity (Wildman–Crippen MR) is 77.2 cm³/mol. The third-order valence-electron chi connectivity index (χ3n) is 2.82. The summed E-state index contributed by atoms with van der Waals surface area (Å²) in [5.74, 6) is -2.45. The number of hydrogen-bond acceptors (Lipinski definition) is 2. The number of aryl methyl sites for hydroxylation is 1. The number of halogens is 2. The largest absolute Gasteiger partial charge is 0.480 e. The SMILES string of the molecule is Cc1ccc(F)c(C(=O)N[C@H](CC(C)C)C(=O)O)c1Br. The van der Waals surface area contributed by atoms with E-state index in [1.807, 2.05) is 13.8 Å². The second-order valence-corrected chi connectivity index (χ2v) is 5.84. The Balaban J connectivity index is 3.01. The van der Waals surface area contributed by atoms with Gasteiger partial charge in [-0.3, -0.25) is 4.79 Å². The van der Waals surface area contributed by atoms with Gasteiger partial charge >= 0.3 is 5.97 Å². The number of carboxylic acid groups (broad SMARTS) is 1. The molecule has 0 saturated heterocycles. The molecule has 0 radical (unpaired) electrons. The quantitative estimate of drug-likeness (QED) is 0.861. The molecule has 110 valence electrons. The molecule has 2 N–H and O–H groups in total. The van der Waals surface area contributed by atoms with E-state index < -0.39 is 23.7 Å². The Morgan fingerprint density at radius 3 is 2.50 bits per heavy atom. The van der Waals surface area contributed by atoms with E-state index in [9.17, 15) is 14.0 Å². The maximum absolute atomic E-state index is 13.8. The molecule has 1 aromatic carbocycles. The van der Waals surface area contributed by atoms with Crippen LogP contribution in [0.25, 0.3) is 0 Å². The number of carbonyl (C=O) groups excluding carboxylic acids is 1. The first kappa shape index (κ1) is 16.6. The highest BCUT2D eigenvalue weighted by Gasteiger charge is 2.25. The van der Waals surface area contributed by atoms with E-state index in [0.29, 0.717) is 10.0 Å². The van der Waals surface area contributed by atoms with Crippen LogP contribution in [-0.4, -0.2) is 23.0 Å². The van der Waals surface area contributed by atoms with Crippen LogP contribution in [-0.2, 0) is 4.79 Å². The van der Waals surface area contributed by atoms with Crippen LogP contribution in [0.1, 0.15) is 36.2 Å². The van der Waals surface area contributed by atoms with Crippen LogP contribution in [0.2, 0.25) is 0 Å². The molecule has 0 aliphatic heterocycles. The minimum atomic E-state index is -1.13. The minimum absolute atomic E-state index is 0.0993. The number of hydrogen-bond donors (Lipinski definition) is 2. The van der Waals surface area contributed by atoms with E-state index in [1.54, 1.807) is 13.0 Å². The monoisotopic (exact) mass is 345 g/mol. The van der Waals surface area contributed by atoms with Gasteiger partial charge in [-0.1, -0.05) is 19.9 Å². The maximum Gasteiger partial charge on any atom is 0.326 e. The van der Waals surface area contributed by atoms with Gasteiger partial charge in [0.1, 0.15) is 11.9 Å². The van der Waals surface area contributed by atoms with Gasteiger partial charge in [-0.15, -0.1) is 0 Å². The van der Waals surface area contributed by atoms with E-state index in [2.05, 4.69) is 21.2 Å². The van der Waals surface area contributed by atoms with Crippen molar-refractivity contribution in [2.45, 2.75) is 33.2 Å². The number of carboxylic acids is 1. The van der Waals surface area contributed by atoms with Gasteiger partial charge in [0.05, 0.1) is 5.56 Å². The van der Waals surface area contributed by atoms with Crippen LogP contribution in [0.5, 0.6) is 0 Å². The first-order valence-electron chi connectivity index (χ1n) is 6.22. The number of amides is 1. The summed E-state index contributed by atoms with van der Waals surface area (Å²) in [5.41, 5.74) is 0.535. The van der Waals surface area contributed by atoms with Gasteiger partial charge in [-0.2, -0.15) is 0 Å². The van der Waals surface area contributed by atoms with Gasteiger partial charge in [0.25, 0.3) is 5.91 Å². The van der Waals surface area contributed by atoms with Crippen molar-refractivity contribution in [2.75, 3.05) is 0 Å². The molecule has 1 atom stereocenters. The van der Waals surface area contributed by atoms with Gasteiger partial charge in [0.2, 0.25) is 0 Å². The lowest BCUT2D eigenvalue weighted by Gasteiger charge is -2.17. The highest BCUT2D eigenvalue weighted by molar-refractivity contribution is 9.10. The summed E-state index contributed by atoms with van der Waals surface area (Å²) in [4.78, 5) is 23.2. The number of aliphatic carboxylic acids is 1. The van der Waals surface area contributed by atoms with E-state index in [-0.39, 0.29) is 17.9 Å². The summed E-state index contributed by atoms with van der Waals surface area (Å²) in [6, 6.07) is 1.70. The molecule has 1 amide bonds. The van der Waals surface area contributed by atoms with Gasteiger partial charge in [0, 0.05) is 4.47 Å². The Morgan fingerprint density at radius 2 is 2.00 bits per heavy atom. The second kappa shape index (κ2) is 6.83. The van der Waals surface area contributed by atoms with Crippen LogP contribution in [0, 0.1) is 18.7 Å². The van der Waals surface area contributed by atoms with Crippen molar-refractivity contribution in [1.82, 2.24) is 5.32 Å². The maximum atomic E-state index is 13.8.